The predicted molar refractivity (Wildman–Crippen MR) is 70.8 cm³/mol. The number of rotatable bonds is 7. The molecule has 0 spiro atoms. The van der Waals surface area contributed by atoms with Crippen LogP contribution in [0.25, 0.3) is 0 Å². The van der Waals surface area contributed by atoms with Gasteiger partial charge in [-0.1, -0.05) is 26.2 Å². The normalized spacial score (nSPS) is 19.5. The molecule has 0 bridgehead atoms. The lowest BCUT2D eigenvalue weighted by Gasteiger charge is -2.31. The van der Waals surface area contributed by atoms with E-state index in [0.717, 1.165) is 19.5 Å². The number of amides is 1. The summed E-state index contributed by atoms with van der Waals surface area (Å²) in [7, 11) is 2.17. The summed E-state index contributed by atoms with van der Waals surface area (Å²) in [5, 5.41) is 3.14. The first-order valence-corrected chi connectivity index (χ1v) is 6.88. The smallest absolute Gasteiger partial charge is 0.234 e. The van der Waals surface area contributed by atoms with Crippen LogP contribution in [0.4, 0.5) is 0 Å². The molecule has 3 N–H and O–H groups in total. The molecule has 0 saturated heterocycles. The van der Waals surface area contributed by atoms with Crippen LogP contribution in [0.1, 0.15) is 45.4 Å². The van der Waals surface area contributed by atoms with Crippen LogP contribution in [0.15, 0.2) is 0 Å². The fourth-order valence-corrected chi connectivity index (χ4v) is 2.63. The molecule has 1 amide bonds. The Morgan fingerprint density at radius 2 is 2.06 bits per heavy atom. The van der Waals surface area contributed by atoms with E-state index in [9.17, 15) is 4.79 Å². The summed E-state index contributed by atoms with van der Waals surface area (Å²) in [6.07, 6.45) is 7.50. The van der Waals surface area contributed by atoms with Gasteiger partial charge >= 0.3 is 0 Å². The van der Waals surface area contributed by atoms with Gasteiger partial charge in [-0.25, -0.2) is 0 Å². The minimum Gasteiger partial charge on any atom is -0.368 e. The van der Waals surface area contributed by atoms with Crippen molar-refractivity contribution < 1.29 is 4.79 Å². The van der Waals surface area contributed by atoms with Gasteiger partial charge in [0, 0.05) is 12.6 Å². The van der Waals surface area contributed by atoms with E-state index in [4.69, 9.17) is 5.73 Å². The van der Waals surface area contributed by atoms with E-state index in [-0.39, 0.29) is 11.9 Å². The zero-order chi connectivity index (χ0) is 12.7. The molecule has 1 unspecified atom stereocenters. The molecule has 0 radical (unpaired) electrons. The highest BCUT2D eigenvalue weighted by Gasteiger charge is 2.20. The van der Waals surface area contributed by atoms with Crippen molar-refractivity contribution in [2.45, 2.75) is 57.5 Å². The Bertz CT molecular complexity index is 227. The zero-order valence-electron chi connectivity index (χ0n) is 11.2. The van der Waals surface area contributed by atoms with Crippen molar-refractivity contribution in [3.63, 3.8) is 0 Å². The van der Waals surface area contributed by atoms with Crippen LogP contribution in [0.2, 0.25) is 0 Å². The van der Waals surface area contributed by atoms with Crippen molar-refractivity contribution >= 4 is 5.91 Å². The van der Waals surface area contributed by atoms with Crippen molar-refractivity contribution in [1.82, 2.24) is 10.2 Å². The lowest BCUT2D eigenvalue weighted by atomic mass is 9.94. The fraction of sp³-hybridized carbons (Fsp3) is 0.923. The molecule has 1 aliphatic rings. The SMILES string of the molecule is CCNC(CCN(C)C1CCCCC1)C(N)=O. The van der Waals surface area contributed by atoms with Gasteiger partial charge in [0.15, 0.2) is 0 Å². The summed E-state index contributed by atoms with van der Waals surface area (Å²) in [5.74, 6) is -0.233. The molecule has 1 aliphatic carbocycles. The molecule has 4 nitrogen and oxygen atoms in total. The number of hydrogen-bond acceptors (Lipinski definition) is 3. The van der Waals surface area contributed by atoms with E-state index in [1.165, 1.54) is 32.1 Å². The van der Waals surface area contributed by atoms with Crippen molar-refractivity contribution in [2.75, 3.05) is 20.1 Å². The molecule has 1 saturated carbocycles. The molecule has 0 aliphatic heterocycles. The molecule has 0 aromatic rings. The van der Waals surface area contributed by atoms with Crippen LogP contribution in [0, 0.1) is 0 Å². The van der Waals surface area contributed by atoms with E-state index >= 15 is 0 Å². The van der Waals surface area contributed by atoms with Crippen molar-refractivity contribution in [3.8, 4) is 0 Å². The molecule has 17 heavy (non-hydrogen) atoms. The zero-order valence-corrected chi connectivity index (χ0v) is 11.2. The van der Waals surface area contributed by atoms with Gasteiger partial charge in [-0.15, -0.1) is 0 Å². The van der Waals surface area contributed by atoms with Crippen LogP contribution < -0.4 is 11.1 Å². The summed E-state index contributed by atoms with van der Waals surface area (Å²) in [6.45, 7) is 3.74. The van der Waals surface area contributed by atoms with Crippen LogP contribution in [-0.4, -0.2) is 43.0 Å². The summed E-state index contributed by atoms with van der Waals surface area (Å²) < 4.78 is 0. The number of nitrogens with one attached hydrogen (secondary N) is 1. The van der Waals surface area contributed by atoms with E-state index in [1.807, 2.05) is 6.92 Å². The average molecular weight is 241 g/mol. The molecule has 1 fully saturated rings. The molecular weight excluding hydrogens is 214 g/mol. The van der Waals surface area contributed by atoms with Gasteiger partial charge in [-0.05, 0) is 32.9 Å². The molecule has 0 aromatic carbocycles. The van der Waals surface area contributed by atoms with E-state index in [1.54, 1.807) is 0 Å². The number of hydrogen-bond donors (Lipinski definition) is 2. The Morgan fingerprint density at radius 1 is 1.41 bits per heavy atom. The Balaban J connectivity index is 2.29. The monoisotopic (exact) mass is 241 g/mol. The quantitative estimate of drug-likeness (QED) is 0.702. The lowest BCUT2D eigenvalue weighted by molar-refractivity contribution is -0.120. The summed E-state index contributed by atoms with van der Waals surface area (Å²) >= 11 is 0. The van der Waals surface area contributed by atoms with Crippen LogP contribution in [-0.2, 0) is 4.79 Å². The molecule has 0 aromatic heterocycles. The molecule has 1 rings (SSSR count). The number of primary amides is 1. The Morgan fingerprint density at radius 3 is 2.59 bits per heavy atom. The van der Waals surface area contributed by atoms with Crippen molar-refractivity contribution in [1.29, 1.82) is 0 Å². The Labute approximate surface area is 105 Å². The van der Waals surface area contributed by atoms with Crippen molar-refractivity contribution in [2.24, 2.45) is 5.73 Å². The first-order valence-electron chi connectivity index (χ1n) is 6.88. The number of likely N-dealkylation sites (N-methyl/N-ethyl adjacent to an activating group) is 1. The number of nitrogens with zero attached hydrogens (tertiary/aromatic N) is 1. The molecule has 1 atom stereocenters. The highest BCUT2D eigenvalue weighted by atomic mass is 16.1. The van der Waals surface area contributed by atoms with Gasteiger partial charge in [0.1, 0.15) is 0 Å². The van der Waals surface area contributed by atoms with Gasteiger partial charge in [0.25, 0.3) is 0 Å². The highest BCUT2D eigenvalue weighted by molar-refractivity contribution is 5.79. The first kappa shape index (κ1) is 14.5. The maximum Gasteiger partial charge on any atom is 0.234 e. The Hall–Kier alpha value is -0.610. The molecule has 0 heterocycles. The third-order valence-corrected chi connectivity index (χ3v) is 3.76. The van der Waals surface area contributed by atoms with Gasteiger partial charge < -0.3 is 16.0 Å². The maximum absolute atomic E-state index is 11.2. The predicted octanol–water partition coefficient (Wildman–Crippen LogP) is 1.10. The Kier molecular flexibility index (Phi) is 6.52. The fourth-order valence-electron chi connectivity index (χ4n) is 2.63. The first-order chi connectivity index (χ1) is 8.15. The number of carbonyl (C=O) groups is 1. The number of nitrogens with two attached hydrogens (primary N) is 1. The summed E-state index contributed by atoms with van der Waals surface area (Å²) in [4.78, 5) is 13.6. The van der Waals surface area contributed by atoms with Crippen LogP contribution in [0.3, 0.4) is 0 Å². The van der Waals surface area contributed by atoms with Gasteiger partial charge in [-0.3, -0.25) is 4.79 Å². The van der Waals surface area contributed by atoms with Gasteiger partial charge in [0.2, 0.25) is 5.91 Å². The lowest BCUT2D eigenvalue weighted by Crippen LogP contribution is -2.44. The minimum absolute atomic E-state index is 0.175. The second kappa shape index (κ2) is 7.67. The molecule has 100 valence electrons. The van der Waals surface area contributed by atoms with E-state index < -0.39 is 0 Å². The number of carbonyl (C=O) groups excluding carboxylic acids is 1. The average Bonchev–Trinajstić information content (AvgIpc) is 2.34. The van der Waals surface area contributed by atoms with E-state index in [0.29, 0.717) is 6.04 Å². The van der Waals surface area contributed by atoms with E-state index in [2.05, 4.69) is 17.3 Å². The second-order valence-electron chi connectivity index (χ2n) is 5.07. The summed E-state index contributed by atoms with van der Waals surface area (Å²) in [6, 6.07) is 0.532. The topological polar surface area (TPSA) is 58.4 Å². The van der Waals surface area contributed by atoms with Crippen LogP contribution in [0.5, 0.6) is 0 Å². The second-order valence-corrected chi connectivity index (χ2v) is 5.07. The van der Waals surface area contributed by atoms with Crippen LogP contribution >= 0.6 is 0 Å². The third kappa shape index (κ3) is 5.04. The minimum atomic E-state index is -0.233. The highest BCUT2D eigenvalue weighted by Crippen LogP contribution is 2.21. The maximum atomic E-state index is 11.2. The molecular formula is C13H27N3O. The standard InChI is InChI=1S/C13H27N3O/c1-3-15-12(13(14)17)9-10-16(2)11-7-5-4-6-8-11/h11-12,15H,3-10H2,1-2H3,(H2,14,17). The van der Waals surface area contributed by atoms with Crippen molar-refractivity contribution in [3.05, 3.63) is 0 Å². The van der Waals surface area contributed by atoms with Gasteiger partial charge in [-0.2, -0.15) is 0 Å². The molecule has 4 heteroatoms. The summed E-state index contributed by atoms with van der Waals surface area (Å²) in [5.41, 5.74) is 5.37. The van der Waals surface area contributed by atoms with Gasteiger partial charge in [0.05, 0.1) is 6.04 Å². The third-order valence-electron chi connectivity index (χ3n) is 3.76. The largest absolute Gasteiger partial charge is 0.368 e.